The third kappa shape index (κ3) is 7.34. The predicted octanol–water partition coefficient (Wildman–Crippen LogP) is 2.22. The Hall–Kier alpha value is -1.10. The van der Waals surface area contributed by atoms with Crippen molar-refractivity contribution in [1.82, 2.24) is 14.7 Å². The fourth-order valence-electron chi connectivity index (χ4n) is 2.90. The summed E-state index contributed by atoms with van der Waals surface area (Å²) in [4.78, 5) is 31.0. The minimum Gasteiger partial charge on any atom is -0.342 e. The lowest BCUT2D eigenvalue weighted by Crippen LogP contribution is -2.49. The SMILES string of the molecule is CCCN(CCC(=O)N1CCN(CC)CC1)C(=O)CC(C)(C)C. The molecule has 1 aliphatic heterocycles. The van der Waals surface area contributed by atoms with Crippen molar-refractivity contribution in [2.75, 3.05) is 45.8 Å². The lowest BCUT2D eigenvalue weighted by atomic mass is 9.91. The average Bonchev–Trinajstić information content (AvgIpc) is 2.49. The molecule has 0 aromatic carbocycles. The van der Waals surface area contributed by atoms with E-state index in [1.54, 1.807) is 0 Å². The fourth-order valence-corrected chi connectivity index (χ4v) is 2.90. The first kappa shape index (κ1) is 19.9. The molecule has 1 rings (SSSR count). The molecule has 23 heavy (non-hydrogen) atoms. The van der Waals surface area contributed by atoms with Crippen LogP contribution < -0.4 is 0 Å². The van der Waals surface area contributed by atoms with Crippen LogP contribution in [0.4, 0.5) is 0 Å². The summed E-state index contributed by atoms with van der Waals surface area (Å²) in [7, 11) is 0. The summed E-state index contributed by atoms with van der Waals surface area (Å²) in [5.41, 5.74) is -0.0104. The van der Waals surface area contributed by atoms with Crippen LogP contribution in [0.3, 0.4) is 0 Å². The van der Waals surface area contributed by atoms with Crippen LogP contribution in [0.2, 0.25) is 0 Å². The third-order valence-corrected chi connectivity index (χ3v) is 4.30. The first-order valence-corrected chi connectivity index (χ1v) is 9.04. The monoisotopic (exact) mass is 325 g/mol. The average molecular weight is 325 g/mol. The van der Waals surface area contributed by atoms with E-state index in [9.17, 15) is 9.59 Å². The maximum atomic E-state index is 12.4. The van der Waals surface area contributed by atoms with Gasteiger partial charge in [0.25, 0.3) is 0 Å². The first-order valence-electron chi connectivity index (χ1n) is 9.04. The Morgan fingerprint density at radius 2 is 1.61 bits per heavy atom. The van der Waals surface area contributed by atoms with Gasteiger partial charge in [-0.3, -0.25) is 9.59 Å². The third-order valence-electron chi connectivity index (χ3n) is 4.30. The minimum atomic E-state index is -0.0104. The molecule has 0 N–H and O–H groups in total. The van der Waals surface area contributed by atoms with Crippen LogP contribution >= 0.6 is 0 Å². The summed E-state index contributed by atoms with van der Waals surface area (Å²) in [6.45, 7) is 16.4. The summed E-state index contributed by atoms with van der Waals surface area (Å²) in [6.07, 6.45) is 1.91. The van der Waals surface area contributed by atoms with E-state index in [1.165, 1.54) is 0 Å². The molecule has 1 fully saturated rings. The maximum absolute atomic E-state index is 12.4. The molecule has 0 bridgehead atoms. The quantitative estimate of drug-likeness (QED) is 0.721. The minimum absolute atomic E-state index is 0.0104. The lowest BCUT2D eigenvalue weighted by molar-refractivity contribution is -0.136. The zero-order valence-corrected chi connectivity index (χ0v) is 15.7. The van der Waals surface area contributed by atoms with Gasteiger partial charge in [-0.05, 0) is 18.4 Å². The fraction of sp³-hybridized carbons (Fsp3) is 0.889. The normalized spacial score (nSPS) is 16.5. The van der Waals surface area contributed by atoms with Crippen LogP contribution in [-0.2, 0) is 9.59 Å². The Labute approximate surface area is 142 Å². The number of carbonyl (C=O) groups excluding carboxylic acids is 2. The Balaban J connectivity index is 2.45. The van der Waals surface area contributed by atoms with Gasteiger partial charge in [0, 0.05) is 52.1 Å². The lowest BCUT2D eigenvalue weighted by Gasteiger charge is -2.34. The van der Waals surface area contributed by atoms with Crippen LogP contribution in [0, 0.1) is 5.41 Å². The zero-order valence-electron chi connectivity index (χ0n) is 15.7. The number of likely N-dealkylation sites (N-methyl/N-ethyl adjacent to an activating group) is 1. The number of piperazine rings is 1. The van der Waals surface area contributed by atoms with E-state index < -0.39 is 0 Å². The van der Waals surface area contributed by atoms with E-state index in [2.05, 4.69) is 39.5 Å². The van der Waals surface area contributed by atoms with Crippen molar-refractivity contribution < 1.29 is 9.59 Å². The van der Waals surface area contributed by atoms with E-state index in [4.69, 9.17) is 0 Å². The number of carbonyl (C=O) groups is 2. The number of hydrogen-bond acceptors (Lipinski definition) is 3. The molecule has 5 heteroatoms. The van der Waals surface area contributed by atoms with E-state index in [0.717, 1.165) is 45.7 Å². The largest absolute Gasteiger partial charge is 0.342 e. The predicted molar refractivity (Wildman–Crippen MR) is 94.3 cm³/mol. The van der Waals surface area contributed by atoms with E-state index in [-0.39, 0.29) is 17.2 Å². The Morgan fingerprint density at radius 3 is 2.09 bits per heavy atom. The Bertz CT molecular complexity index is 382. The maximum Gasteiger partial charge on any atom is 0.224 e. The van der Waals surface area contributed by atoms with Gasteiger partial charge < -0.3 is 14.7 Å². The molecule has 0 atom stereocenters. The molecular weight excluding hydrogens is 290 g/mol. The molecular formula is C18H35N3O2. The number of hydrogen-bond donors (Lipinski definition) is 0. The van der Waals surface area contributed by atoms with E-state index in [1.807, 2.05) is 9.80 Å². The molecule has 0 saturated carbocycles. The summed E-state index contributed by atoms with van der Waals surface area (Å²) in [6, 6.07) is 0. The number of amides is 2. The standard InChI is InChI=1S/C18H35N3O2/c1-6-9-20(17(23)15-18(3,4)5)10-8-16(22)21-13-11-19(7-2)12-14-21/h6-15H2,1-5H3. The molecule has 0 aromatic rings. The highest BCUT2D eigenvalue weighted by atomic mass is 16.2. The second-order valence-corrected chi connectivity index (χ2v) is 7.68. The first-order chi connectivity index (χ1) is 10.8. The van der Waals surface area contributed by atoms with Gasteiger partial charge in [-0.15, -0.1) is 0 Å². The van der Waals surface area contributed by atoms with Gasteiger partial charge in [0.2, 0.25) is 11.8 Å². The molecule has 1 saturated heterocycles. The molecule has 1 aliphatic rings. The van der Waals surface area contributed by atoms with Gasteiger partial charge in [0.15, 0.2) is 0 Å². The molecule has 0 spiro atoms. The van der Waals surface area contributed by atoms with Crippen LogP contribution in [0.5, 0.6) is 0 Å². The van der Waals surface area contributed by atoms with Crippen molar-refractivity contribution in [3.05, 3.63) is 0 Å². The highest BCUT2D eigenvalue weighted by molar-refractivity contribution is 5.79. The van der Waals surface area contributed by atoms with E-state index in [0.29, 0.717) is 19.4 Å². The Kier molecular flexibility index (Phi) is 8.03. The van der Waals surface area contributed by atoms with Crippen LogP contribution in [0.15, 0.2) is 0 Å². The van der Waals surface area contributed by atoms with Gasteiger partial charge in [-0.2, -0.15) is 0 Å². The second-order valence-electron chi connectivity index (χ2n) is 7.68. The molecule has 2 amide bonds. The molecule has 0 aliphatic carbocycles. The van der Waals surface area contributed by atoms with Gasteiger partial charge in [0.05, 0.1) is 0 Å². The molecule has 0 unspecified atom stereocenters. The molecule has 134 valence electrons. The van der Waals surface area contributed by atoms with Crippen molar-refractivity contribution in [3.8, 4) is 0 Å². The second kappa shape index (κ2) is 9.26. The van der Waals surface area contributed by atoms with E-state index >= 15 is 0 Å². The van der Waals surface area contributed by atoms with Crippen LogP contribution in [-0.4, -0.2) is 72.3 Å². The highest BCUT2D eigenvalue weighted by Crippen LogP contribution is 2.20. The van der Waals surface area contributed by atoms with Gasteiger partial charge >= 0.3 is 0 Å². The van der Waals surface area contributed by atoms with Crippen molar-refractivity contribution in [1.29, 1.82) is 0 Å². The van der Waals surface area contributed by atoms with Crippen LogP contribution in [0.1, 0.15) is 53.9 Å². The number of nitrogens with zero attached hydrogens (tertiary/aromatic N) is 3. The zero-order chi connectivity index (χ0) is 17.5. The highest BCUT2D eigenvalue weighted by Gasteiger charge is 2.23. The van der Waals surface area contributed by atoms with Gasteiger partial charge in [-0.1, -0.05) is 34.6 Å². The van der Waals surface area contributed by atoms with Crippen molar-refractivity contribution in [3.63, 3.8) is 0 Å². The molecule has 0 aromatic heterocycles. The van der Waals surface area contributed by atoms with Crippen LogP contribution in [0.25, 0.3) is 0 Å². The topological polar surface area (TPSA) is 43.9 Å². The summed E-state index contributed by atoms with van der Waals surface area (Å²) in [5, 5.41) is 0. The number of rotatable bonds is 7. The molecule has 5 nitrogen and oxygen atoms in total. The van der Waals surface area contributed by atoms with Gasteiger partial charge in [0.1, 0.15) is 0 Å². The summed E-state index contributed by atoms with van der Waals surface area (Å²) >= 11 is 0. The molecule has 1 heterocycles. The smallest absolute Gasteiger partial charge is 0.224 e. The van der Waals surface area contributed by atoms with Gasteiger partial charge in [-0.25, -0.2) is 0 Å². The summed E-state index contributed by atoms with van der Waals surface area (Å²) in [5.74, 6) is 0.355. The molecule has 0 radical (unpaired) electrons. The van der Waals surface area contributed by atoms with Crippen molar-refractivity contribution >= 4 is 11.8 Å². The van der Waals surface area contributed by atoms with Crippen molar-refractivity contribution in [2.24, 2.45) is 5.41 Å². The van der Waals surface area contributed by atoms with Crippen molar-refractivity contribution in [2.45, 2.75) is 53.9 Å². The Morgan fingerprint density at radius 1 is 1.00 bits per heavy atom. The summed E-state index contributed by atoms with van der Waals surface area (Å²) < 4.78 is 0.